The van der Waals surface area contributed by atoms with E-state index in [1.165, 1.54) is 5.56 Å². The van der Waals surface area contributed by atoms with Crippen LogP contribution in [0.15, 0.2) is 60.1 Å². The molecular formula is C17H19N5OS. The molecule has 0 bridgehead atoms. The van der Waals surface area contributed by atoms with Crippen molar-refractivity contribution < 1.29 is 5.11 Å². The highest BCUT2D eigenvalue weighted by atomic mass is 32.2. The minimum absolute atomic E-state index is 0.354. The summed E-state index contributed by atoms with van der Waals surface area (Å²) in [5, 5.41) is 18.2. The molecule has 7 heteroatoms. The molecule has 3 aromatic rings. The van der Waals surface area contributed by atoms with Crippen molar-refractivity contribution in [1.82, 2.24) is 19.7 Å². The monoisotopic (exact) mass is 341 g/mol. The average Bonchev–Trinajstić information content (AvgIpc) is 3.06. The molecule has 2 aromatic heterocycles. The summed E-state index contributed by atoms with van der Waals surface area (Å²) in [6.45, 7) is 0.354. The molecule has 124 valence electrons. The van der Waals surface area contributed by atoms with Gasteiger partial charge in [0.2, 0.25) is 0 Å². The lowest BCUT2D eigenvalue weighted by Gasteiger charge is -2.11. The molecule has 0 unspecified atom stereocenters. The number of hydrogen-bond donors (Lipinski definition) is 2. The van der Waals surface area contributed by atoms with E-state index in [1.54, 1.807) is 41.2 Å². The van der Waals surface area contributed by atoms with Gasteiger partial charge in [-0.3, -0.25) is 9.67 Å². The van der Waals surface area contributed by atoms with Crippen LogP contribution in [0.4, 0.5) is 5.82 Å². The highest BCUT2D eigenvalue weighted by Gasteiger charge is 2.10. The lowest BCUT2D eigenvalue weighted by Crippen LogP contribution is -2.12. The fourth-order valence-electron chi connectivity index (χ4n) is 2.17. The number of thioether (sulfide) groups is 1. The summed E-state index contributed by atoms with van der Waals surface area (Å²) in [6, 6.07) is 10.2. The number of aryl methyl sites for hydroxylation is 1. The third kappa shape index (κ3) is 4.56. The first kappa shape index (κ1) is 16.5. The molecule has 2 heterocycles. The number of nitrogens with one attached hydrogen (secondary N) is 1. The van der Waals surface area contributed by atoms with Crippen molar-refractivity contribution >= 4 is 17.6 Å². The van der Waals surface area contributed by atoms with Gasteiger partial charge in [0.1, 0.15) is 10.8 Å². The molecule has 24 heavy (non-hydrogen) atoms. The quantitative estimate of drug-likeness (QED) is 0.644. The van der Waals surface area contributed by atoms with Crippen LogP contribution in [0.1, 0.15) is 17.2 Å². The molecule has 2 N–H and O–H groups in total. The minimum Gasteiger partial charge on any atom is -0.386 e. The Hall–Kier alpha value is -2.38. The SMILES string of the molecule is Cn1cc([C@H](O)CNc2cncc(SCc3ccccc3)n2)cn1. The molecule has 0 fully saturated rings. The topological polar surface area (TPSA) is 75.9 Å². The van der Waals surface area contributed by atoms with Crippen molar-refractivity contribution in [3.8, 4) is 0 Å². The van der Waals surface area contributed by atoms with Gasteiger partial charge in [-0.05, 0) is 5.56 Å². The molecule has 1 aromatic carbocycles. The van der Waals surface area contributed by atoms with Crippen molar-refractivity contribution in [2.24, 2.45) is 7.05 Å². The van der Waals surface area contributed by atoms with Crippen LogP contribution >= 0.6 is 11.8 Å². The maximum Gasteiger partial charge on any atom is 0.145 e. The minimum atomic E-state index is -0.638. The van der Waals surface area contributed by atoms with Gasteiger partial charge in [0.15, 0.2) is 0 Å². The number of nitrogens with zero attached hydrogens (tertiary/aromatic N) is 4. The van der Waals surface area contributed by atoms with Crippen molar-refractivity contribution in [2.75, 3.05) is 11.9 Å². The Balaban J connectivity index is 1.55. The van der Waals surface area contributed by atoms with Gasteiger partial charge in [0.25, 0.3) is 0 Å². The highest BCUT2D eigenvalue weighted by molar-refractivity contribution is 7.98. The van der Waals surface area contributed by atoms with E-state index in [2.05, 4.69) is 32.5 Å². The van der Waals surface area contributed by atoms with Crippen LogP contribution in [-0.2, 0) is 12.8 Å². The number of aliphatic hydroxyl groups is 1. The second-order valence-corrected chi connectivity index (χ2v) is 6.36. The summed E-state index contributed by atoms with van der Waals surface area (Å²) in [6.07, 6.45) is 6.22. The third-order valence-electron chi connectivity index (χ3n) is 3.43. The number of rotatable bonds is 7. The summed E-state index contributed by atoms with van der Waals surface area (Å²) in [5.41, 5.74) is 2.02. The summed E-state index contributed by atoms with van der Waals surface area (Å²) >= 11 is 1.63. The van der Waals surface area contributed by atoms with E-state index < -0.39 is 6.10 Å². The van der Waals surface area contributed by atoms with E-state index >= 15 is 0 Å². The molecule has 1 atom stereocenters. The maximum atomic E-state index is 10.1. The van der Waals surface area contributed by atoms with Crippen molar-refractivity contribution in [3.05, 3.63) is 66.2 Å². The summed E-state index contributed by atoms with van der Waals surface area (Å²) in [5.74, 6) is 1.49. The lowest BCUT2D eigenvalue weighted by molar-refractivity contribution is 0.191. The molecule has 0 spiro atoms. The van der Waals surface area contributed by atoms with Gasteiger partial charge in [-0.2, -0.15) is 5.10 Å². The van der Waals surface area contributed by atoms with Crippen LogP contribution < -0.4 is 5.32 Å². The Morgan fingerprint density at radius 3 is 2.79 bits per heavy atom. The number of hydrogen-bond acceptors (Lipinski definition) is 6. The van der Waals surface area contributed by atoms with E-state index in [9.17, 15) is 5.11 Å². The molecular weight excluding hydrogens is 322 g/mol. The van der Waals surface area contributed by atoms with Gasteiger partial charge >= 0.3 is 0 Å². The summed E-state index contributed by atoms with van der Waals surface area (Å²) < 4.78 is 1.67. The Kier molecular flexibility index (Phi) is 5.45. The zero-order chi connectivity index (χ0) is 16.8. The van der Waals surface area contributed by atoms with Crippen LogP contribution in [-0.4, -0.2) is 31.4 Å². The normalized spacial score (nSPS) is 12.1. The Bertz CT molecular complexity index is 777. The third-order valence-corrected chi connectivity index (χ3v) is 4.40. The second-order valence-electron chi connectivity index (χ2n) is 5.36. The lowest BCUT2D eigenvalue weighted by atomic mass is 10.2. The first-order valence-electron chi connectivity index (χ1n) is 7.60. The Morgan fingerprint density at radius 1 is 1.21 bits per heavy atom. The Morgan fingerprint density at radius 2 is 2.04 bits per heavy atom. The van der Waals surface area contributed by atoms with E-state index in [-0.39, 0.29) is 0 Å². The van der Waals surface area contributed by atoms with Crippen LogP contribution in [0.25, 0.3) is 0 Å². The van der Waals surface area contributed by atoms with Gasteiger partial charge in [0.05, 0.1) is 24.7 Å². The van der Waals surface area contributed by atoms with Crippen LogP contribution in [0, 0.1) is 0 Å². The zero-order valence-corrected chi connectivity index (χ0v) is 14.1. The molecule has 0 radical (unpaired) electrons. The molecule has 0 aliphatic carbocycles. The van der Waals surface area contributed by atoms with Gasteiger partial charge < -0.3 is 10.4 Å². The first-order chi connectivity index (χ1) is 11.7. The largest absolute Gasteiger partial charge is 0.386 e. The van der Waals surface area contributed by atoms with E-state index in [1.807, 2.05) is 25.2 Å². The van der Waals surface area contributed by atoms with Gasteiger partial charge in [-0.15, -0.1) is 11.8 Å². The second kappa shape index (κ2) is 7.94. The molecule has 0 saturated heterocycles. The van der Waals surface area contributed by atoms with Crippen LogP contribution in [0.3, 0.4) is 0 Å². The molecule has 0 amide bonds. The molecule has 0 aliphatic heterocycles. The smallest absolute Gasteiger partial charge is 0.145 e. The molecule has 3 rings (SSSR count). The highest BCUT2D eigenvalue weighted by Crippen LogP contribution is 2.21. The molecule has 0 aliphatic rings. The molecule has 0 saturated carbocycles. The zero-order valence-electron chi connectivity index (χ0n) is 13.3. The van der Waals surface area contributed by atoms with Crippen LogP contribution in [0.5, 0.6) is 0 Å². The number of anilines is 1. The van der Waals surface area contributed by atoms with E-state index in [0.29, 0.717) is 12.4 Å². The Labute approximate surface area is 145 Å². The van der Waals surface area contributed by atoms with Gasteiger partial charge in [-0.1, -0.05) is 30.3 Å². The van der Waals surface area contributed by atoms with E-state index in [4.69, 9.17) is 0 Å². The standard InChI is InChI=1S/C17H19N5OS/c1-22-11-14(7-20-22)15(23)8-19-16-9-18-10-17(21-16)24-12-13-5-3-2-4-6-13/h2-7,9-11,15,23H,8,12H2,1H3,(H,19,21)/t15-/m1/s1. The van der Waals surface area contributed by atoms with Crippen molar-refractivity contribution in [2.45, 2.75) is 16.9 Å². The fraction of sp³-hybridized carbons (Fsp3) is 0.235. The van der Waals surface area contributed by atoms with E-state index in [0.717, 1.165) is 16.3 Å². The average molecular weight is 341 g/mol. The fourth-order valence-corrected chi connectivity index (χ4v) is 2.97. The first-order valence-corrected chi connectivity index (χ1v) is 8.58. The number of benzene rings is 1. The maximum absolute atomic E-state index is 10.1. The predicted molar refractivity (Wildman–Crippen MR) is 94.7 cm³/mol. The van der Waals surface area contributed by atoms with Gasteiger partial charge in [-0.25, -0.2) is 4.98 Å². The summed E-state index contributed by atoms with van der Waals surface area (Å²) in [7, 11) is 1.82. The van der Waals surface area contributed by atoms with Gasteiger partial charge in [0, 0.05) is 31.1 Å². The number of aromatic nitrogens is 4. The molecule has 6 nitrogen and oxygen atoms in total. The predicted octanol–water partition coefficient (Wildman–Crippen LogP) is 2.65. The van der Waals surface area contributed by atoms with Crippen molar-refractivity contribution in [3.63, 3.8) is 0 Å². The summed E-state index contributed by atoms with van der Waals surface area (Å²) in [4.78, 5) is 8.72. The van der Waals surface area contributed by atoms with Crippen molar-refractivity contribution in [1.29, 1.82) is 0 Å². The number of aliphatic hydroxyl groups excluding tert-OH is 1. The van der Waals surface area contributed by atoms with Crippen LogP contribution in [0.2, 0.25) is 0 Å².